The molecule has 3 nitrogen and oxygen atoms in total. The third kappa shape index (κ3) is 3.16. The lowest BCUT2D eigenvalue weighted by Crippen LogP contribution is -2.36. The molecule has 1 unspecified atom stereocenters. The summed E-state index contributed by atoms with van der Waals surface area (Å²) in [7, 11) is 0. The first-order valence-corrected chi connectivity index (χ1v) is 6.93. The number of Topliss-reactive ketones (excluding diaryl/α,β-unsaturated/α-hetero) is 1. The van der Waals surface area contributed by atoms with E-state index in [4.69, 9.17) is 11.6 Å². The fourth-order valence-corrected chi connectivity index (χ4v) is 2.71. The largest absolute Gasteiger partial charge is 0.335 e. The number of likely N-dealkylation sites (tertiary alicyclic amines) is 1. The Morgan fingerprint density at radius 1 is 1.42 bits per heavy atom. The third-order valence-corrected chi connectivity index (χ3v) is 3.99. The van der Waals surface area contributed by atoms with Crippen molar-refractivity contribution in [3.05, 3.63) is 34.3 Å². The van der Waals surface area contributed by atoms with Crippen LogP contribution in [0.25, 0.3) is 0 Å². The van der Waals surface area contributed by atoms with Gasteiger partial charge in [0, 0.05) is 29.6 Å². The average Bonchev–Trinajstić information content (AvgIpc) is 2.79. The standard InChI is InChI=1S/C15H18ClNO2/c1-10-8-12(5-6-14(10)16)15(19)17-7-3-4-13(17)9-11(2)18/h5-6,8,13H,3-4,7,9H2,1-2H3. The van der Waals surface area contributed by atoms with Gasteiger partial charge >= 0.3 is 0 Å². The van der Waals surface area contributed by atoms with Crippen molar-refractivity contribution in [2.24, 2.45) is 0 Å². The maximum atomic E-state index is 12.5. The Bertz CT molecular complexity index is 513. The van der Waals surface area contributed by atoms with Crippen LogP contribution in [0.4, 0.5) is 0 Å². The zero-order valence-corrected chi connectivity index (χ0v) is 12.0. The number of hydrogen-bond donors (Lipinski definition) is 0. The minimum atomic E-state index is 0.00326. The van der Waals surface area contributed by atoms with Gasteiger partial charge in [-0.3, -0.25) is 9.59 Å². The summed E-state index contributed by atoms with van der Waals surface area (Å²) in [5, 5.41) is 0.665. The van der Waals surface area contributed by atoms with Crippen LogP contribution in [0.3, 0.4) is 0 Å². The van der Waals surface area contributed by atoms with Crippen LogP contribution in [0, 0.1) is 6.92 Å². The second-order valence-corrected chi connectivity index (χ2v) is 5.57. The maximum absolute atomic E-state index is 12.5. The molecule has 19 heavy (non-hydrogen) atoms. The van der Waals surface area contributed by atoms with Gasteiger partial charge < -0.3 is 4.90 Å². The minimum Gasteiger partial charge on any atom is -0.335 e. The Labute approximate surface area is 118 Å². The van der Waals surface area contributed by atoms with Gasteiger partial charge in [-0.25, -0.2) is 0 Å². The SMILES string of the molecule is CC(=O)CC1CCCN1C(=O)c1ccc(Cl)c(C)c1. The lowest BCUT2D eigenvalue weighted by Gasteiger charge is -2.24. The molecule has 102 valence electrons. The van der Waals surface area contributed by atoms with Crippen LogP contribution in [0.5, 0.6) is 0 Å². The van der Waals surface area contributed by atoms with Crippen molar-refractivity contribution < 1.29 is 9.59 Å². The van der Waals surface area contributed by atoms with E-state index in [9.17, 15) is 9.59 Å². The predicted octanol–water partition coefficient (Wildman–Crippen LogP) is 3.23. The van der Waals surface area contributed by atoms with Gasteiger partial charge in [0.2, 0.25) is 0 Å². The number of halogens is 1. The summed E-state index contributed by atoms with van der Waals surface area (Å²) in [5.41, 5.74) is 1.55. The van der Waals surface area contributed by atoms with E-state index in [2.05, 4.69) is 0 Å². The van der Waals surface area contributed by atoms with Crippen molar-refractivity contribution >= 4 is 23.3 Å². The van der Waals surface area contributed by atoms with Crippen LogP contribution >= 0.6 is 11.6 Å². The Morgan fingerprint density at radius 3 is 2.79 bits per heavy atom. The van der Waals surface area contributed by atoms with Crippen molar-refractivity contribution in [1.29, 1.82) is 0 Å². The molecule has 1 aliphatic rings. The number of carbonyl (C=O) groups is 2. The highest BCUT2D eigenvalue weighted by molar-refractivity contribution is 6.31. The Kier molecular flexibility index (Phi) is 4.25. The normalized spacial score (nSPS) is 18.7. The summed E-state index contributed by atoms with van der Waals surface area (Å²) in [6.07, 6.45) is 2.34. The molecular weight excluding hydrogens is 262 g/mol. The molecule has 0 spiro atoms. The molecule has 1 aromatic carbocycles. The van der Waals surface area contributed by atoms with Crippen LogP contribution in [0.1, 0.15) is 42.1 Å². The fraction of sp³-hybridized carbons (Fsp3) is 0.467. The molecule has 0 aromatic heterocycles. The van der Waals surface area contributed by atoms with Crippen molar-refractivity contribution in [1.82, 2.24) is 4.90 Å². The van der Waals surface area contributed by atoms with Gasteiger partial charge in [-0.15, -0.1) is 0 Å². The number of hydrogen-bond acceptors (Lipinski definition) is 2. The van der Waals surface area contributed by atoms with E-state index < -0.39 is 0 Å². The zero-order chi connectivity index (χ0) is 14.0. The van der Waals surface area contributed by atoms with E-state index in [-0.39, 0.29) is 17.7 Å². The molecule has 2 rings (SSSR count). The summed E-state index contributed by atoms with van der Waals surface area (Å²) < 4.78 is 0. The van der Waals surface area contributed by atoms with Crippen LogP contribution < -0.4 is 0 Å². The van der Waals surface area contributed by atoms with E-state index in [1.807, 2.05) is 17.9 Å². The highest BCUT2D eigenvalue weighted by Gasteiger charge is 2.30. The molecule has 1 amide bonds. The molecule has 1 fully saturated rings. The highest BCUT2D eigenvalue weighted by atomic mass is 35.5. The molecule has 1 aromatic rings. The van der Waals surface area contributed by atoms with Gasteiger partial charge in [-0.1, -0.05) is 11.6 Å². The second-order valence-electron chi connectivity index (χ2n) is 5.16. The van der Waals surface area contributed by atoms with E-state index in [1.54, 1.807) is 19.1 Å². The second kappa shape index (κ2) is 5.74. The van der Waals surface area contributed by atoms with E-state index in [1.165, 1.54) is 0 Å². The molecule has 0 bridgehead atoms. The van der Waals surface area contributed by atoms with Crippen LogP contribution in [-0.2, 0) is 4.79 Å². The maximum Gasteiger partial charge on any atom is 0.254 e. The molecule has 0 saturated carbocycles. The quantitative estimate of drug-likeness (QED) is 0.852. The van der Waals surface area contributed by atoms with Crippen molar-refractivity contribution in [3.63, 3.8) is 0 Å². The molecule has 1 atom stereocenters. The summed E-state index contributed by atoms with van der Waals surface area (Å²) in [6.45, 7) is 4.20. The molecule has 4 heteroatoms. The smallest absolute Gasteiger partial charge is 0.254 e. The monoisotopic (exact) mass is 279 g/mol. The molecular formula is C15H18ClNO2. The Hall–Kier alpha value is -1.35. The van der Waals surface area contributed by atoms with E-state index in [0.29, 0.717) is 17.0 Å². The zero-order valence-electron chi connectivity index (χ0n) is 11.3. The summed E-state index contributed by atoms with van der Waals surface area (Å²) in [4.78, 5) is 25.5. The molecule has 0 radical (unpaired) electrons. The molecule has 1 saturated heterocycles. The molecule has 1 aliphatic heterocycles. The summed E-state index contributed by atoms with van der Waals surface area (Å²) in [6, 6.07) is 5.37. The first kappa shape index (κ1) is 14.1. The number of rotatable bonds is 3. The third-order valence-electron chi connectivity index (χ3n) is 3.57. The Morgan fingerprint density at radius 2 is 2.16 bits per heavy atom. The first-order valence-electron chi connectivity index (χ1n) is 6.55. The van der Waals surface area contributed by atoms with Gasteiger partial charge in [0.05, 0.1) is 0 Å². The number of amides is 1. The van der Waals surface area contributed by atoms with Crippen molar-refractivity contribution in [3.8, 4) is 0 Å². The van der Waals surface area contributed by atoms with E-state index >= 15 is 0 Å². The van der Waals surface area contributed by atoms with E-state index in [0.717, 1.165) is 24.9 Å². The number of aryl methyl sites for hydroxylation is 1. The van der Waals surface area contributed by atoms with Crippen molar-refractivity contribution in [2.45, 2.75) is 39.2 Å². The Balaban J connectivity index is 2.18. The topological polar surface area (TPSA) is 37.4 Å². The van der Waals surface area contributed by atoms with Crippen LogP contribution in [0.2, 0.25) is 5.02 Å². The van der Waals surface area contributed by atoms with Gasteiger partial charge in [-0.2, -0.15) is 0 Å². The number of nitrogens with zero attached hydrogens (tertiary/aromatic N) is 1. The number of ketones is 1. The fourth-order valence-electron chi connectivity index (χ4n) is 2.59. The van der Waals surface area contributed by atoms with Gasteiger partial charge in [-0.05, 0) is 50.5 Å². The lowest BCUT2D eigenvalue weighted by atomic mass is 10.1. The van der Waals surface area contributed by atoms with Crippen molar-refractivity contribution in [2.75, 3.05) is 6.54 Å². The number of carbonyl (C=O) groups excluding carboxylic acids is 2. The van der Waals surface area contributed by atoms with Gasteiger partial charge in [0.25, 0.3) is 5.91 Å². The molecule has 1 heterocycles. The average molecular weight is 280 g/mol. The number of benzene rings is 1. The van der Waals surface area contributed by atoms with Gasteiger partial charge in [0.15, 0.2) is 0 Å². The van der Waals surface area contributed by atoms with Crippen LogP contribution in [-0.4, -0.2) is 29.2 Å². The predicted molar refractivity (Wildman–Crippen MR) is 75.5 cm³/mol. The summed E-state index contributed by atoms with van der Waals surface area (Å²) in [5.74, 6) is 0.139. The minimum absolute atomic E-state index is 0.00326. The van der Waals surface area contributed by atoms with Crippen LogP contribution in [0.15, 0.2) is 18.2 Å². The highest BCUT2D eigenvalue weighted by Crippen LogP contribution is 2.24. The first-order chi connectivity index (χ1) is 8.99. The molecule has 0 N–H and O–H groups in total. The van der Waals surface area contributed by atoms with Gasteiger partial charge in [0.1, 0.15) is 5.78 Å². The molecule has 0 aliphatic carbocycles. The summed E-state index contributed by atoms with van der Waals surface area (Å²) >= 11 is 5.97. The lowest BCUT2D eigenvalue weighted by molar-refractivity contribution is -0.117.